The van der Waals surface area contributed by atoms with Crippen molar-refractivity contribution in [2.75, 3.05) is 17.7 Å². The Kier molecular flexibility index (Phi) is 2.12. The van der Waals surface area contributed by atoms with Crippen LogP contribution in [0, 0.1) is 0 Å². The Morgan fingerprint density at radius 1 is 1.40 bits per heavy atom. The van der Waals surface area contributed by atoms with Gasteiger partial charge in [0.05, 0.1) is 6.67 Å². The van der Waals surface area contributed by atoms with Gasteiger partial charge in [-0.15, -0.1) is 0 Å². The number of nitrogen functional groups attached to an aromatic ring is 1. The van der Waals surface area contributed by atoms with Crippen LogP contribution in [0.3, 0.4) is 0 Å². The summed E-state index contributed by atoms with van der Waals surface area (Å²) in [5.74, 6) is 0. The third-order valence-corrected chi connectivity index (χ3v) is 1.19. The van der Waals surface area contributed by atoms with Crippen LogP contribution in [0.1, 0.15) is 0 Å². The molecular weight excluding hydrogens is 126 g/mol. The van der Waals surface area contributed by atoms with Gasteiger partial charge < -0.3 is 16.8 Å². The number of benzene rings is 1. The molecule has 54 valence electrons. The second-order valence-electron chi connectivity index (χ2n) is 2.01. The van der Waals surface area contributed by atoms with Crippen molar-refractivity contribution in [1.29, 1.82) is 0 Å². The number of hydrogen-bond donors (Lipinski definition) is 3. The first-order valence-electron chi connectivity index (χ1n) is 3.12. The molecule has 0 aliphatic heterocycles. The molecule has 3 nitrogen and oxygen atoms in total. The molecule has 0 saturated heterocycles. The van der Waals surface area contributed by atoms with E-state index in [1.807, 2.05) is 24.3 Å². The minimum atomic E-state index is 0.434. The summed E-state index contributed by atoms with van der Waals surface area (Å²) in [6.07, 6.45) is 0. The Labute approximate surface area is 60.0 Å². The summed E-state index contributed by atoms with van der Waals surface area (Å²) < 4.78 is 0. The van der Waals surface area contributed by atoms with E-state index in [1.165, 1.54) is 0 Å². The van der Waals surface area contributed by atoms with E-state index >= 15 is 0 Å². The fraction of sp³-hybridized carbons (Fsp3) is 0.143. The minimum Gasteiger partial charge on any atom is -0.399 e. The van der Waals surface area contributed by atoms with Crippen molar-refractivity contribution < 1.29 is 0 Å². The average Bonchev–Trinajstić information content (AvgIpc) is 1.88. The molecule has 0 spiro atoms. The lowest BCUT2D eigenvalue weighted by atomic mass is 10.3. The highest BCUT2D eigenvalue weighted by Crippen LogP contribution is 2.10. The summed E-state index contributed by atoms with van der Waals surface area (Å²) in [4.78, 5) is 0. The smallest absolute Gasteiger partial charge is 0.0628 e. The summed E-state index contributed by atoms with van der Waals surface area (Å²) in [5, 5.41) is 2.95. The zero-order valence-electron chi connectivity index (χ0n) is 5.67. The molecule has 0 aliphatic carbocycles. The van der Waals surface area contributed by atoms with E-state index in [4.69, 9.17) is 11.5 Å². The SMILES string of the molecule is NCNc1cccc(N)c1. The average molecular weight is 137 g/mol. The van der Waals surface area contributed by atoms with Crippen molar-refractivity contribution in [3.05, 3.63) is 24.3 Å². The highest BCUT2D eigenvalue weighted by atomic mass is 15.0. The number of hydrogen-bond acceptors (Lipinski definition) is 3. The van der Waals surface area contributed by atoms with Gasteiger partial charge in [-0.2, -0.15) is 0 Å². The Morgan fingerprint density at radius 3 is 2.80 bits per heavy atom. The van der Waals surface area contributed by atoms with E-state index in [0.717, 1.165) is 11.4 Å². The molecule has 0 unspecified atom stereocenters. The van der Waals surface area contributed by atoms with Gasteiger partial charge in [-0.3, -0.25) is 0 Å². The van der Waals surface area contributed by atoms with Crippen molar-refractivity contribution in [2.24, 2.45) is 5.73 Å². The van der Waals surface area contributed by atoms with Gasteiger partial charge in [0.15, 0.2) is 0 Å². The molecule has 0 saturated carbocycles. The van der Waals surface area contributed by atoms with E-state index in [9.17, 15) is 0 Å². The molecule has 1 aromatic rings. The maximum atomic E-state index is 5.51. The molecule has 10 heavy (non-hydrogen) atoms. The predicted octanol–water partition coefficient (Wildman–Crippen LogP) is 0.597. The molecule has 1 rings (SSSR count). The van der Waals surface area contributed by atoms with Crippen LogP contribution in [0.15, 0.2) is 24.3 Å². The lowest BCUT2D eigenvalue weighted by Crippen LogP contribution is -2.10. The van der Waals surface area contributed by atoms with Crippen molar-refractivity contribution >= 4 is 11.4 Å². The zero-order valence-corrected chi connectivity index (χ0v) is 5.67. The van der Waals surface area contributed by atoms with Crippen LogP contribution in [-0.2, 0) is 0 Å². The molecule has 0 aromatic heterocycles. The molecule has 0 atom stereocenters. The van der Waals surface area contributed by atoms with Gasteiger partial charge in [0.2, 0.25) is 0 Å². The van der Waals surface area contributed by atoms with Crippen LogP contribution in [0.4, 0.5) is 11.4 Å². The first-order chi connectivity index (χ1) is 4.83. The van der Waals surface area contributed by atoms with Crippen molar-refractivity contribution in [3.63, 3.8) is 0 Å². The largest absolute Gasteiger partial charge is 0.399 e. The van der Waals surface area contributed by atoms with Gasteiger partial charge in [-0.1, -0.05) is 6.07 Å². The third-order valence-electron chi connectivity index (χ3n) is 1.19. The van der Waals surface area contributed by atoms with Crippen LogP contribution in [0.5, 0.6) is 0 Å². The molecule has 0 amide bonds. The van der Waals surface area contributed by atoms with Crippen LogP contribution < -0.4 is 16.8 Å². The van der Waals surface area contributed by atoms with E-state index in [2.05, 4.69) is 5.32 Å². The number of nitrogens with one attached hydrogen (secondary N) is 1. The lowest BCUT2D eigenvalue weighted by molar-refractivity contribution is 1.14. The van der Waals surface area contributed by atoms with Gasteiger partial charge >= 0.3 is 0 Å². The lowest BCUT2D eigenvalue weighted by Gasteiger charge is -2.01. The van der Waals surface area contributed by atoms with Gasteiger partial charge in [-0.25, -0.2) is 0 Å². The normalized spacial score (nSPS) is 9.30. The monoisotopic (exact) mass is 137 g/mol. The summed E-state index contributed by atoms with van der Waals surface area (Å²) in [7, 11) is 0. The predicted molar refractivity (Wildman–Crippen MR) is 43.5 cm³/mol. The first kappa shape index (κ1) is 6.89. The molecule has 5 N–H and O–H groups in total. The van der Waals surface area contributed by atoms with Gasteiger partial charge in [-0.05, 0) is 18.2 Å². The van der Waals surface area contributed by atoms with Crippen molar-refractivity contribution in [2.45, 2.75) is 0 Å². The Morgan fingerprint density at radius 2 is 2.20 bits per heavy atom. The molecule has 3 heteroatoms. The Bertz CT molecular complexity index is 210. The minimum absolute atomic E-state index is 0.434. The summed E-state index contributed by atoms with van der Waals surface area (Å²) in [6, 6.07) is 7.48. The van der Waals surface area contributed by atoms with E-state index in [1.54, 1.807) is 0 Å². The quantitative estimate of drug-likeness (QED) is 0.413. The van der Waals surface area contributed by atoms with E-state index in [-0.39, 0.29) is 0 Å². The number of rotatable bonds is 2. The van der Waals surface area contributed by atoms with Crippen LogP contribution in [0.2, 0.25) is 0 Å². The van der Waals surface area contributed by atoms with Crippen LogP contribution >= 0.6 is 0 Å². The highest BCUT2D eigenvalue weighted by Gasteiger charge is 1.87. The molecule has 0 bridgehead atoms. The second-order valence-corrected chi connectivity index (χ2v) is 2.01. The molecule has 0 radical (unpaired) electrons. The molecule has 0 fully saturated rings. The molecule has 0 aliphatic rings. The van der Waals surface area contributed by atoms with Gasteiger partial charge in [0.1, 0.15) is 0 Å². The number of nitrogens with two attached hydrogens (primary N) is 2. The zero-order chi connectivity index (χ0) is 7.40. The van der Waals surface area contributed by atoms with Crippen LogP contribution in [-0.4, -0.2) is 6.67 Å². The maximum Gasteiger partial charge on any atom is 0.0628 e. The fourth-order valence-corrected chi connectivity index (χ4v) is 0.766. The van der Waals surface area contributed by atoms with Gasteiger partial charge in [0, 0.05) is 11.4 Å². The van der Waals surface area contributed by atoms with Gasteiger partial charge in [0.25, 0.3) is 0 Å². The summed E-state index contributed by atoms with van der Waals surface area (Å²) in [6.45, 7) is 0.434. The number of anilines is 2. The van der Waals surface area contributed by atoms with E-state index in [0.29, 0.717) is 6.67 Å². The van der Waals surface area contributed by atoms with Crippen LogP contribution in [0.25, 0.3) is 0 Å². The second kappa shape index (κ2) is 3.08. The summed E-state index contributed by atoms with van der Waals surface area (Å²) in [5.41, 5.74) is 12.5. The first-order valence-corrected chi connectivity index (χ1v) is 3.12. The Balaban J connectivity index is 2.75. The fourth-order valence-electron chi connectivity index (χ4n) is 0.766. The molecular formula is C7H11N3. The topological polar surface area (TPSA) is 64.1 Å². The standard InChI is InChI=1S/C7H11N3/c8-5-10-7-3-1-2-6(9)4-7/h1-4,10H,5,8-9H2. The van der Waals surface area contributed by atoms with E-state index < -0.39 is 0 Å². The molecule has 0 heterocycles. The Hall–Kier alpha value is -1.22. The highest BCUT2D eigenvalue weighted by molar-refractivity contribution is 5.53. The maximum absolute atomic E-state index is 5.51. The third kappa shape index (κ3) is 1.63. The van der Waals surface area contributed by atoms with Crippen molar-refractivity contribution in [1.82, 2.24) is 0 Å². The molecule has 1 aromatic carbocycles. The summed E-state index contributed by atoms with van der Waals surface area (Å²) >= 11 is 0. The van der Waals surface area contributed by atoms with Crippen molar-refractivity contribution in [3.8, 4) is 0 Å².